The monoisotopic (exact) mass is 573 g/mol. The lowest BCUT2D eigenvalue weighted by Crippen LogP contribution is -1.97. The maximum atomic E-state index is 2.42. The number of fused-ring (bicyclic) bond motifs is 9. The molecule has 0 saturated carbocycles. The Hall–Kier alpha value is -6.06. The fourth-order valence-corrected chi connectivity index (χ4v) is 7.52. The molecule has 3 aromatic heterocycles. The van der Waals surface area contributed by atoms with Gasteiger partial charge in [-0.05, 0) is 72.8 Å². The van der Waals surface area contributed by atoms with E-state index in [0.717, 1.165) is 11.4 Å². The predicted octanol–water partition coefficient (Wildman–Crippen LogP) is 11.0. The van der Waals surface area contributed by atoms with E-state index in [-0.39, 0.29) is 0 Å². The summed E-state index contributed by atoms with van der Waals surface area (Å²) < 4.78 is 7.20. The molecule has 0 aliphatic rings. The second kappa shape index (κ2) is 9.22. The predicted molar refractivity (Wildman–Crippen MR) is 189 cm³/mol. The van der Waals surface area contributed by atoms with Crippen LogP contribution in [0.5, 0.6) is 0 Å². The van der Waals surface area contributed by atoms with E-state index in [1.807, 2.05) is 0 Å². The number of aromatic nitrogens is 3. The molecule has 0 bridgehead atoms. The van der Waals surface area contributed by atoms with Crippen LogP contribution in [0.25, 0.3) is 82.5 Å². The highest BCUT2D eigenvalue weighted by atomic mass is 15.0. The summed E-state index contributed by atoms with van der Waals surface area (Å²) in [5.41, 5.74) is 10.8. The summed E-state index contributed by atoms with van der Waals surface area (Å²) in [5.74, 6) is 0. The Kier molecular flexibility index (Phi) is 5.00. The summed E-state index contributed by atoms with van der Waals surface area (Å²) in [7, 11) is 0. The fraction of sp³-hybridized carbons (Fsp3) is 0. The van der Waals surface area contributed by atoms with E-state index in [2.05, 4.69) is 177 Å². The van der Waals surface area contributed by atoms with Crippen LogP contribution < -0.4 is 0 Å². The van der Waals surface area contributed by atoms with Crippen LogP contribution in [0.1, 0.15) is 0 Å². The van der Waals surface area contributed by atoms with E-state index < -0.39 is 0 Å². The zero-order chi connectivity index (χ0) is 29.5. The van der Waals surface area contributed by atoms with E-state index in [1.165, 1.54) is 71.1 Å². The van der Waals surface area contributed by atoms with Crippen LogP contribution in [0.2, 0.25) is 0 Å². The van der Waals surface area contributed by atoms with Gasteiger partial charge in [0.05, 0.1) is 33.1 Å². The molecule has 0 fully saturated rings. The molecule has 0 N–H and O–H groups in total. The van der Waals surface area contributed by atoms with Gasteiger partial charge in [0.1, 0.15) is 0 Å². The van der Waals surface area contributed by atoms with Crippen LogP contribution in [-0.4, -0.2) is 13.7 Å². The van der Waals surface area contributed by atoms with E-state index >= 15 is 0 Å². The second-order valence-electron chi connectivity index (χ2n) is 11.8. The second-order valence-corrected chi connectivity index (χ2v) is 11.8. The molecule has 0 saturated heterocycles. The van der Waals surface area contributed by atoms with Gasteiger partial charge in [-0.1, -0.05) is 91.0 Å². The molecule has 3 heteroatoms. The smallest absolute Gasteiger partial charge is 0.0548 e. The molecule has 0 atom stereocenters. The minimum atomic E-state index is 1.15. The Bertz CT molecular complexity index is 2690. The van der Waals surface area contributed by atoms with Crippen LogP contribution in [-0.2, 0) is 0 Å². The molecular weight excluding hydrogens is 546 g/mol. The molecule has 0 spiro atoms. The van der Waals surface area contributed by atoms with Gasteiger partial charge in [0.15, 0.2) is 0 Å². The van der Waals surface area contributed by atoms with Crippen molar-refractivity contribution in [3.63, 3.8) is 0 Å². The number of hydrogen-bond acceptors (Lipinski definition) is 0. The van der Waals surface area contributed by atoms with Crippen LogP contribution >= 0.6 is 0 Å². The first-order valence-electron chi connectivity index (χ1n) is 15.5. The van der Waals surface area contributed by atoms with Gasteiger partial charge in [-0.25, -0.2) is 0 Å². The SMILES string of the molecule is c1ccc(-n2c3ccccc3c3cc4c(cc32)c2ccccc2n4-c2ccc(-n3c4ccccc4c4ccccc43)cc2)cc1. The molecule has 10 aromatic rings. The minimum Gasteiger partial charge on any atom is -0.309 e. The highest BCUT2D eigenvalue weighted by molar-refractivity contribution is 6.19. The van der Waals surface area contributed by atoms with E-state index in [0.29, 0.717) is 0 Å². The van der Waals surface area contributed by atoms with Gasteiger partial charge in [-0.2, -0.15) is 0 Å². The Morgan fingerprint density at radius 3 is 0.911 bits per heavy atom. The van der Waals surface area contributed by atoms with Crippen molar-refractivity contribution in [1.82, 2.24) is 13.7 Å². The average Bonchev–Trinajstić information content (AvgIpc) is 3.73. The number of hydrogen-bond donors (Lipinski definition) is 0. The molecular formula is C42H27N3. The molecule has 3 nitrogen and oxygen atoms in total. The standard InChI is InChI=1S/C42H27N3/c1-2-12-28(13-3-1)44-39-20-10-6-16-33(39)35-27-42-36(26-41(35)44)34-17-7-11-21-40(34)45(42)30-24-22-29(23-25-30)43-37-18-8-4-14-31(37)32-15-5-9-19-38(32)43/h1-27H. The lowest BCUT2D eigenvalue weighted by atomic mass is 10.1. The number of rotatable bonds is 3. The molecule has 0 radical (unpaired) electrons. The van der Waals surface area contributed by atoms with Gasteiger partial charge in [0, 0.05) is 49.4 Å². The molecule has 10 rings (SSSR count). The molecule has 210 valence electrons. The molecule has 0 aliphatic heterocycles. The van der Waals surface area contributed by atoms with Crippen LogP contribution in [0, 0.1) is 0 Å². The highest BCUT2D eigenvalue weighted by Crippen LogP contribution is 2.40. The highest BCUT2D eigenvalue weighted by Gasteiger charge is 2.18. The van der Waals surface area contributed by atoms with Crippen molar-refractivity contribution in [3.05, 3.63) is 164 Å². The molecule has 3 heterocycles. The summed E-state index contributed by atoms with van der Waals surface area (Å²) in [6, 6.07) is 59.4. The van der Waals surface area contributed by atoms with Gasteiger partial charge in [-0.3, -0.25) is 0 Å². The molecule has 0 amide bonds. The Morgan fingerprint density at radius 1 is 0.222 bits per heavy atom. The zero-order valence-electron chi connectivity index (χ0n) is 24.4. The fourth-order valence-electron chi connectivity index (χ4n) is 7.52. The van der Waals surface area contributed by atoms with Crippen molar-refractivity contribution < 1.29 is 0 Å². The normalized spacial score (nSPS) is 12.0. The Morgan fingerprint density at radius 2 is 0.511 bits per heavy atom. The third-order valence-electron chi connectivity index (χ3n) is 9.43. The first kappa shape index (κ1) is 24.4. The summed E-state index contributed by atoms with van der Waals surface area (Å²) in [5, 5.41) is 7.58. The van der Waals surface area contributed by atoms with Crippen molar-refractivity contribution in [2.45, 2.75) is 0 Å². The van der Waals surface area contributed by atoms with Crippen LogP contribution in [0.4, 0.5) is 0 Å². The third kappa shape index (κ3) is 3.41. The number of nitrogens with zero attached hydrogens (tertiary/aromatic N) is 3. The lowest BCUT2D eigenvalue weighted by molar-refractivity contribution is 1.14. The van der Waals surface area contributed by atoms with Gasteiger partial charge in [0.25, 0.3) is 0 Å². The van der Waals surface area contributed by atoms with Crippen molar-refractivity contribution in [1.29, 1.82) is 0 Å². The van der Waals surface area contributed by atoms with Gasteiger partial charge < -0.3 is 13.7 Å². The summed E-state index contributed by atoms with van der Waals surface area (Å²) in [6.45, 7) is 0. The first-order valence-corrected chi connectivity index (χ1v) is 15.5. The largest absolute Gasteiger partial charge is 0.309 e. The summed E-state index contributed by atoms with van der Waals surface area (Å²) in [6.07, 6.45) is 0. The summed E-state index contributed by atoms with van der Waals surface area (Å²) in [4.78, 5) is 0. The van der Waals surface area contributed by atoms with Gasteiger partial charge in [0.2, 0.25) is 0 Å². The van der Waals surface area contributed by atoms with Gasteiger partial charge >= 0.3 is 0 Å². The number of para-hydroxylation sites is 5. The lowest BCUT2D eigenvalue weighted by Gasteiger charge is -2.12. The van der Waals surface area contributed by atoms with Gasteiger partial charge in [-0.15, -0.1) is 0 Å². The quantitative estimate of drug-likeness (QED) is 0.200. The molecule has 7 aromatic carbocycles. The molecule has 45 heavy (non-hydrogen) atoms. The maximum absolute atomic E-state index is 2.42. The third-order valence-corrected chi connectivity index (χ3v) is 9.43. The zero-order valence-corrected chi connectivity index (χ0v) is 24.4. The molecule has 0 aliphatic carbocycles. The van der Waals surface area contributed by atoms with Crippen LogP contribution in [0.3, 0.4) is 0 Å². The first-order chi connectivity index (χ1) is 22.3. The number of benzene rings is 7. The van der Waals surface area contributed by atoms with E-state index in [4.69, 9.17) is 0 Å². The Labute approximate surface area is 259 Å². The maximum Gasteiger partial charge on any atom is 0.0548 e. The van der Waals surface area contributed by atoms with Crippen molar-refractivity contribution in [2.75, 3.05) is 0 Å². The van der Waals surface area contributed by atoms with Crippen molar-refractivity contribution >= 4 is 65.4 Å². The van der Waals surface area contributed by atoms with Crippen molar-refractivity contribution in [2.24, 2.45) is 0 Å². The van der Waals surface area contributed by atoms with Crippen LogP contribution in [0.15, 0.2) is 164 Å². The van der Waals surface area contributed by atoms with E-state index in [9.17, 15) is 0 Å². The topological polar surface area (TPSA) is 14.8 Å². The minimum absolute atomic E-state index is 1.15. The average molecular weight is 574 g/mol. The summed E-state index contributed by atoms with van der Waals surface area (Å²) >= 11 is 0. The molecule has 0 unspecified atom stereocenters. The van der Waals surface area contributed by atoms with Crippen molar-refractivity contribution in [3.8, 4) is 17.1 Å². The Balaban J connectivity index is 1.23. The van der Waals surface area contributed by atoms with E-state index in [1.54, 1.807) is 0 Å².